The molecule has 0 radical (unpaired) electrons. The van der Waals surface area contributed by atoms with Crippen molar-refractivity contribution in [1.82, 2.24) is 10.2 Å². The minimum absolute atomic E-state index is 0.318. The Labute approximate surface area is 159 Å². The molecular formula is C17H19N3O2S3. The Balaban J connectivity index is 1.40. The highest BCUT2D eigenvalue weighted by molar-refractivity contribution is 8.01. The van der Waals surface area contributed by atoms with Crippen LogP contribution in [0.15, 0.2) is 46.1 Å². The highest BCUT2D eigenvalue weighted by Gasteiger charge is 2.10. The second-order valence-corrected chi connectivity index (χ2v) is 8.70. The molecule has 132 valence electrons. The smallest absolute Gasteiger partial charge is 0.210 e. The fraction of sp³-hybridized carbons (Fsp3) is 0.294. The molecular weight excluding hydrogens is 374 g/mol. The Morgan fingerprint density at radius 2 is 2.20 bits per heavy atom. The quantitative estimate of drug-likeness (QED) is 0.528. The Hall–Kier alpha value is -1.45. The van der Waals surface area contributed by atoms with E-state index in [0.717, 1.165) is 20.0 Å². The summed E-state index contributed by atoms with van der Waals surface area (Å²) in [6.45, 7) is 2.91. The molecule has 3 rings (SSSR count). The van der Waals surface area contributed by atoms with E-state index in [1.54, 1.807) is 11.3 Å². The lowest BCUT2D eigenvalue weighted by Gasteiger charge is -2.09. The van der Waals surface area contributed by atoms with Crippen molar-refractivity contribution < 1.29 is 9.84 Å². The van der Waals surface area contributed by atoms with Crippen LogP contribution in [0.1, 0.15) is 10.4 Å². The minimum atomic E-state index is -0.526. The number of aliphatic hydroxyl groups excluding tert-OH is 1. The number of benzene rings is 1. The lowest BCUT2D eigenvalue weighted by molar-refractivity contribution is 0.0409. The van der Waals surface area contributed by atoms with Crippen LogP contribution in [-0.4, -0.2) is 33.8 Å². The fourth-order valence-corrected chi connectivity index (χ4v) is 4.42. The number of aryl methyl sites for hydroxylation is 1. The number of rotatable bonds is 9. The fourth-order valence-electron chi connectivity index (χ4n) is 2.07. The van der Waals surface area contributed by atoms with Crippen LogP contribution in [0.5, 0.6) is 0 Å². The van der Waals surface area contributed by atoms with Crippen LogP contribution in [0.3, 0.4) is 0 Å². The summed E-state index contributed by atoms with van der Waals surface area (Å²) in [5.74, 6) is 0.531. The SMILES string of the molecule is Cc1cccc(Nc2nnc(SC[C@@H](O)COCc3cccs3)s2)c1. The van der Waals surface area contributed by atoms with Gasteiger partial charge in [0.15, 0.2) is 4.34 Å². The van der Waals surface area contributed by atoms with Crippen molar-refractivity contribution in [2.45, 2.75) is 24.0 Å². The first-order valence-electron chi connectivity index (χ1n) is 7.77. The summed E-state index contributed by atoms with van der Waals surface area (Å²) in [7, 11) is 0. The topological polar surface area (TPSA) is 67.3 Å². The maximum Gasteiger partial charge on any atom is 0.210 e. The lowest BCUT2D eigenvalue weighted by atomic mass is 10.2. The van der Waals surface area contributed by atoms with Crippen LogP contribution in [0.2, 0.25) is 0 Å². The second kappa shape index (κ2) is 9.30. The molecule has 25 heavy (non-hydrogen) atoms. The number of ether oxygens (including phenoxy) is 1. The number of aromatic nitrogens is 2. The molecule has 1 atom stereocenters. The Kier molecular flexibility index (Phi) is 6.83. The van der Waals surface area contributed by atoms with Crippen molar-refractivity contribution in [2.75, 3.05) is 17.7 Å². The maximum atomic E-state index is 10.0. The predicted molar refractivity (Wildman–Crippen MR) is 105 cm³/mol. The molecule has 1 aromatic carbocycles. The first-order valence-corrected chi connectivity index (χ1v) is 10.5. The van der Waals surface area contributed by atoms with Gasteiger partial charge in [-0.2, -0.15) is 0 Å². The number of hydrogen-bond acceptors (Lipinski definition) is 8. The molecule has 2 N–H and O–H groups in total. The summed E-state index contributed by atoms with van der Waals surface area (Å²) < 4.78 is 6.35. The first-order chi connectivity index (χ1) is 12.2. The van der Waals surface area contributed by atoms with E-state index in [0.29, 0.717) is 19.0 Å². The molecule has 0 aliphatic carbocycles. The number of aliphatic hydroxyl groups is 1. The van der Waals surface area contributed by atoms with Crippen LogP contribution in [-0.2, 0) is 11.3 Å². The van der Waals surface area contributed by atoms with Crippen LogP contribution < -0.4 is 5.32 Å². The van der Waals surface area contributed by atoms with Gasteiger partial charge in [-0.3, -0.25) is 0 Å². The van der Waals surface area contributed by atoms with E-state index in [9.17, 15) is 5.11 Å². The molecule has 0 fully saturated rings. The van der Waals surface area contributed by atoms with Gasteiger partial charge in [0, 0.05) is 16.3 Å². The summed E-state index contributed by atoms with van der Waals surface area (Å²) in [6, 6.07) is 12.1. The van der Waals surface area contributed by atoms with E-state index < -0.39 is 6.10 Å². The Morgan fingerprint density at radius 1 is 1.28 bits per heavy atom. The minimum Gasteiger partial charge on any atom is -0.390 e. The number of nitrogens with one attached hydrogen (secondary N) is 1. The van der Waals surface area contributed by atoms with Crippen molar-refractivity contribution >= 4 is 45.3 Å². The van der Waals surface area contributed by atoms with E-state index in [1.165, 1.54) is 28.7 Å². The Bertz CT molecular complexity index is 777. The summed E-state index contributed by atoms with van der Waals surface area (Å²) >= 11 is 4.62. The zero-order valence-electron chi connectivity index (χ0n) is 13.7. The molecule has 2 heterocycles. The van der Waals surface area contributed by atoms with Crippen molar-refractivity contribution in [1.29, 1.82) is 0 Å². The third-order valence-electron chi connectivity index (χ3n) is 3.21. The molecule has 0 amide bonds. The standard InChI is InChI=1S/C17H19N3O2S3/c1-12-4-2-5-13(8-12)18-16-19-20-17(25-16)24-11-14(21)9-22-10-15-6-3-7-23-15/h2-8,14,21H,9-11H2,1H3,(H,18,19)/t14-/m0/s1. The summed E-state index contributed by atoms with van der Waals surface area (Å²) in [4.78, 5) is 1.16. The van der Waals surface area contributed by atoms with Gasteiger partial charge in [-0.05, 0) is 36.1 Å². The van der Waals surface area contributed by atoms with Gasteiger partial charge in [-0.15, -0.1) is 21.5 Å². The second-order valence-electron chi connectivity index (χ2n) is 5.43. The monoisotopic (exact) mass is 393 g/mol. The molecule has 8 heteroatoms. The van der Waals surface area contributed by atoms with Crippen LogP contribution in [0.4, 0.5) is 10.8 Å². The van der Waals surface area contributed by atoms with Gasteiger partial charge < -0.3 is 15.2 Å². The number of thioether (sulfide) groups is 1. The van der Waals surface area contributed by atoms with Gasteiger partial charge in [0.05, 0.1) is 19.3 Å². The summed E-state index contributed by atoms with van der Waals surface area (Å²) in [5, 5.41) is 24.3. The third kappa shape index (κ3) is 6.09. The zero-order chi connectivity index (χ0) is 17.5. The highest BCUT2D eigenvalue weighted by atomic mass is 32.2. The van der Waals surface area contributed by atoms with E-state index in [1.807, 2.05) is 29.6 Å². The highest BCUT2D eigenvalue weighted by Crippen LogP contribution is 2.28. The molecule has 5 nitrogen and oxygen atoms in total. The molecule has 2 aromatic heterocycles. The molecule has 0 unspecified atom stereocenters. The van der Waals surface area contributed by atoms with Crippen LogP contribution in [0.25, 0.3) is 0 Å². The van der Waals surface area contributed by atoms with E-state index in [2.05, 4.69) is 34.6 Å². The number of anilines is 2. The van der Waals surface area contributed by atoms with Crippen LogP contribution in [0, 0.1) is 6.92 Å². The van der Waals surface area contributed by atoms with Crippen molar-refractivity contribution in [3.05, 3.63) is 52.2 Å². The average molecular weight is 394 g/mol. The van der Waals surface area contributed by atoms with Crippen molar-refractivity contribution in [3.63, 3.8) is 0 Å². The molecule has 0 spiro atoms. The maximum absolute atomic E-state index is 10.0. The molecule has 0 saturated heterocycles. The van der Waals surface area contributed by atoms with Gasteiger partial charge in [0.2, 0.25) is 5.13 Å². The van der Waals surface area contributed by atoms with Gasteiger partial charge in [-0.25, -0.2) is 0 Å². The molecule has 0 aliphatic heterocycles. The normalized spacial score (nSPS) is 12.2. The summed E-state index contributed by atoms with van der Waals surface area (Å²) in [6.07, 6.45) is -0.526. The largest absolute Gasteiger partial charge is 0.390 e. The molecule has 0 aliphatic rings. The molecule has 0 bridgehead atoms. The third-order valence-corrected chi connectivity index (χ3v) is 6.18. The van der Waals surface area contributed by atoms with E-state index in [-0.39, 0.29) is 0 Å². The Morgan fingerprint density at radius 3 is 3.00 bits per heavy atom. The predicted octanol–water partition coefficient (Wildman–Crippen LogP) is 4.32. The van der Waals surface area contributed by atoms with Gasteiger partial charge in [0.1, 0.15) is 0 Å². The first kappa shape index (κ1) is 18.3. The van der Waals surface area contributed by atoms with Crippen molar-refractivity contribution in [3.8, 4) is 0 Å². The molecule has 3 aromatic rings. The summed E-state index contributed by atoms with van der Waals surface area (Å²) in [5.41, 5.74) is 2.18. The van der Waals surface area contributed by atoms with Gasteiger partial charge in [0.25, 0.3) is 0 Å². The molecule has 0 saturated carbocycles. The number of thiophene rings is 1. The van der Waals surface area contributed by atoms with Crippen LogP contribution >= 0.6 is 34.4 Å². The van der Waals surface area contributed by atoms with Gasteiger partial charge >= 0.3 is 0 Å². The van der Waals surface area contributed by atoms with E-state index in [4.69, 9.17) is 4.74 Å². The van der Waals surface area contributed by atoms with Gasteiger partial charge in [-0.1, -0.05) is 41.3 Å². The number of hydrogen-bond donors (Lipinski definition) is 2. The lowest BCUT2D eigenvalue weighted by Crippen LogP contribution is -2.17. The van der Waals surface area contributed by atoms with E-state index >= 15 is 0 Å². The zero-order valence-corrected chi connectivity index (χ0v) is 16.2. The number of nitrogens with zero attached hydrogens (tertiary/aromatic N) is 2. The van der Waals surface area contributed by atoms with Crippen molar-refractivity contribution in [2.24, 2.45) is 0 Å². The average Bonchev–Trinajstić information content (AvgIpc) is 3.25.